The van der Waals surface area contributed by atoms with Crippen LogP contribution in [0.5, 0.6) is 0 Å². The molecule has 2 aromatic heterocycles. The second kappa shape index (κ2) is 8.62. The maximum absolute atomic E-state index is 12.3. The van der Waals surface area contributed by atoms with Crippen LogP contribution in [0.15, 0.2) is 48.8 Å². The second-order valence-corrected chi connectivity index (χ2v) is 8.19. The van der Waals surface area contributed by atoms with Crippen LogP contribution in [0.4, 0.5) is 5.82 Å². The minimum Gasteiger partial charge on any atom is -0.478 e. The molecule has 1 aromatic carbocycles. The SMILES string of the molecule is CCC(Nc1ncnc2sc3c(c12)CCN(C(=O)C=CC(=O)O)C3)c1ccccc1. The van der Waals surface area contributed by atoms with Crippen molar-refractivity contribution in [1.82, 2.24) is 14.9 Å². The highest BCUT2D eigenvalue weighted by molar-refractivity contribution is 7.19. The normalized spacial score (nSPS) is 14.6. The molecule has 8 heteroatoms. The van der Waals surface area contributed by atoms with Gasteiger partial charge in [0, 0.05) is 23.6 Å². The van der Waals surface area contributed by atoms with Crippen molar-refractivity contribution >= 4 is 39.2 Å². The number of hydrogen-bond acceptors (Lipinski definition) is 6. The van der Waals surface area contributed by atoms with E-state index in [1.54, 1.807) is 22.6 Å². The Morgan fingerprint density at radius 2 is 2.07 bits per heavy atom. The van der Waals surface area contributed by atoms with Crippen LogP contribution < -0.4 is 5.32 Å². The minimum atomic E-state index is -1.13. The molecule has 0 bridgehead atoms. The summed E-state index contributed by atoms with van der Waals surface area (Å²) in [5.74, 6) is -0.600. The predicted octanol–water partition coefficient (Wildman–Crippen LogP) is 3.78. The number of fused-ring (bicyclic) bond motifs is 3. The average molecular weight is 423 g/mol. The van der Waals surface area contributed by atoms with E-state index in [0.717, 1.165) is 39.5 Å². The Bertz CT molecular complexity index is 1110. The van der Waals surface area contributed by atoms with E-state index in [-0.39, 0.29) is 11.9 Å². The van der Waals surface area contributed by atoms with Gasteiger partial charge in [0.15, 0.2) is 0 Å². The molecular formula is C22H22N4O3S. The summed E-state index contributed by atoms with van der Waals surface area (Å²) in [6.45, 7) is 3.13. The van der Waals surface area contributed by atoms with Crippen LogP contribution in [0.1, 0.15) is 35.4 Å². The van der Waals surface area contributed by atoms with Gasteiger partial charge in [-0.25, -0.2) is 14.8 Å². The van der Waals surface area contributed by atoms with Gasteiger partial charge in [0.1, 0.15) is 17.0 Å². The molecule has 7 nitrogen and oxygen atoms in total. The number of carbonyl (C=O) groups is 2. The van der Waals surface area contributed by atoms with E-state index in [1.807, 2.05) is 18.2 Å². The lowest BCUT2D eigenvalue weighted by Crippen LogP contribution is -2.34. The Balaban J connectivity index is 1.63. The van der Waals surface area contributed by atoms with E-state index in [4.69, 9.17) is 5.11 Å². The molecule has 1 atom stereocenters. The van der Waals surface area contributed by atoms with Crippen molar-refractivity contribution < 1.29 is 14.7 Å². The molecule has 0 radical (unpaired) electrons. The van der Waals surface area contributed by atoms with Crippen molar-refractivity contribution in [3.05, 3.63) is 64.8 Å². The lowest BCUT2D eigenvalue weighted by molar-refractivity contribution is -0.132. The topological polar surface area (TPSA) is 95.4 Å². The Kier molecular flexibility index (Phi) is 5.76. The molecule has 4 rings (SSSR count). The first-order valence-corrected chi connectivity index (χ1v) is 10.6. The molecule has 1 aliphatic heterocycles. The standard InChI is InChI=1S/C22H22N4O3S/c1-2-16(14-6-4-3-5-7-14)25-21-20-15-10-11-26(18(27)8-9-19(28)29)12-17(15)30-22(20)24-13-23-21/h3-9,13,16H,2,10-12H2,1H3,(H,28,29)(H,23,24,25). The molecule has 2 N–H and O–H groups in total. The lowest BCUT2D eigenvalue weighted by atomic mass is 10.0. The van der Waals surface area contributed by atoms with Crippen LogP contribution in [-0.4, -0.2) is 38.4 Å². The van der Waals surface area contributed by atoms with Gasteiger partial charge in [-0.15, -0.1) is 11.3 Å². The molecule has 3 aromatic rings. The van der Waals surface area contributed by atoms with Gasteiger partial charge < -0.3 is 15.3 Å². The highest BCUT2D eigenvalue weighted by Gasteiger charge is 2.26. The molecule has 154 valence electrons. The van der Waals surface area contributed by atoms with Crippen molar-refractivity contribution in [3.63, 3.8) is 0 Å². The maximum atomic E-state index is 12.3. The third-order valence-electron chi connectivity index (χ3n) is 5.24. The van der Waals surface area contributed by atoms with Crippen molar-refractivity contribution in [2.24, 2.45) is 0 Å². The average Bonchev–Trinajstić information content (AvgIpc) is 3.14. The van der Waals surface area contributed by atoms with Crippen LogP contribution >= 0.6 is 11.3 Å². The zero-order valence-electron chi connectivity index (χ0n) is 16.5. The molecule has 0 aliphatic carbocycles. The summed E-state index contributed by atoms with van der Waals surface area (Å²) in [4.78, 5) is 35.6. The first kappa shape index (κ1) is 20.0. The van der Waals surface area contributed by atoms with Gasteiger partial charge in [0.05, 0.1) is 18.0 Å². The number of hydrogen-bond donors (Lipinski definition) is 2. The zero-order valence-corrected chi connectivity index (χ0v) is 17.4. The Morgan fingerprint density at radius 1 is 1.27 bits per heavy atom. The van der Waals surface area contributed by atoms with Crippen LogP contribution in [0, 0.1) is 0 Å². The Hall–Kier alpha value is -3.26. The van der Waals surface area contributed by atoms with Crippen molar-refractivity contribution in [2.45, 2.75) is 32.4 Å². The number of thiophene rings is 1. The lowest BCUT2D eigenvalue weighted by Gasteiger charge is -2.26. The van der Waals surface area contributed by atoms with Gasteiger partial charge in [0.2, 0.25) is 5.91 Å². The van der Waals surface area contributed by atoms with Gasteiger partial charge in [-0.1, -0.05) is 37.3 Å². The molecular weight excluding hydrogens is 400 g/mol. The second-order valence-electron chi connectivity index (χ2n) is 7.10. The van der Waals surface area contributed by atoms with E-state index >= 15 is 0 Å². The third kappa shape index (κ3) is 4.04. The van der Waals surface area contributed by atoms with Crippen LogP contribution in [0.3, 0.4) is 0 Å². The summed E-state index contributed by atoms with van der Waals surface area (Å²) in [7, 11) is 0. The molecule has 30 heavy (non-hydrogen) atoms. The highest BCUT2D eigenvalue weighted by Crippen LogP contribution is 2.38. The smallest absolute Gasteiger partial charge is 0.328 e. The summed E-state index contributed by atoms with van der Waals surface area (Å²) >= 11 is 1.56. The Morgan fingerprint density at radius 3 is 2.80 bits per heavy atom. The van der Waals surface area contributed by atoms with E-state index in [0.29, 0.717) is 19.5 Å². The van der Waals surface area contributed by atoms with E-state index in [9.17, 15) is 9.59 Å². The van der Waals surface area contributed by atoms with Crippen molar-refractivity contribution in [3.8, 4) is 0 Å². The number of carboxylic acid groups (broad SMARTS) is 1. The largest absolute Gasteiger partial charge is 0.478 e. The van der Waals surface area contributed by atoms with Crippen molar-refractivity contribution in [1.29, 1.82) is 0 Å². The number of aromatic nitrogens is 2. The quantitative estimate of drug-likeness (QED) is 0.587. The molecule has 0 saturated heterocycles. The Labute approximate surface area is 178 Å². The number of carbonyl (C=O) groups excluding carboxylic acids is 1. The number of nitrogens with one attached hydrogen (secondary N) is 1. The van der Waals surface area contributed by atoms with E-state index < -0.39 is 5.97 Å². The summed E-state index contributed by atoms with van der Waals surface area (Å²) in [6, 6.07) is 10.4. The summed E-state index contributed by atoms with van der Waals surface area (Å²) in [5.41, 5.74) is 2.38. The molecule has 0 saturated carbocycles. The van der Waals surface area contributed by atoms with Crippen LogP contribution in [0.2, 0.25) is 0 Å². The fourth-order valence-corrected chi connectivity index (χ4v) is 4.95. The van der Waals surface area contributed by atoms with Gasteiger partial charge in [0.25, 0.3) is 0 Å². The van der Waals surface area contributed by atoms with Crippen molar-refractivity contribution in [2.75, 3.05) is 11.9 Å². The fourth-order valence-electron chi connectivity index (χ4n) is 3.74. The van der Waals surface area contributed by atoms with Crippen LogP contribution in [0.25, 0.3) is 10.2 Å². The number of amides is 1. The van der Waals surface area contributed by atoms with Gasteiger partial charge in [-0.2, -0.15) is 0 Å². The summed E-state index contributed by atoms with van der Waals surface area (Å²) in [5, 5.41) is 13.4. The monoisotopic (exact) mass is 422 g/mol. The molecule has 1 aliphatic rings. The van der Waals surface area contributed by atoms with Crippen LogP contribution in [-0.2, 0) is 22.6 Å². The summed E-state index contributed by atoms with van der Waals surface area (Å²) < 4.78 is 0. The first-order valence-electron chi connectivity index (χ1n) is 9.83. The number of nitrogens with zero attached hydrogens (tertiary/aromatic N) is 3. The molecule has 0 fully saturated rings. The molecule has 3 heterocycles. The minimum absolute atomic E-state index is 0.141. The zero-order chi connectivity index (χ0) is 21.1. The van der Waals surface area contributed by atoms with Gasteiger partial charge in [-0.3, -0.25) is 4.79 Å². The molecule has 1 amide bonds. The summed E-state index contributed by atoms with van der Waals surface area (Å²) in [6.07, 6.45) is 5.17. The highest BCUT2D eigenvalue weighted by atomic mass is 32.1. The molecule has 0 spiro atoms. The third-order valence-corrected chi connectivity index (χ3v) is 6.36. The first-order chi connectivity index (χ1) is 14.6. The fraction of sp³-hybridized carbons (Fsp3) is 0.273. The number of carboxylic acids is 1. The van der Waals surface area contributed by atoms with Gasteiger partial charge in [-0.05, 0) is 24.0 Å². The predicted molar refractivity (Wildman–Crippen MR) is 116 cm³/mol. The number of benzene rings is 1. The number of rotatable bonds is 6. The number of aliphatic carboxylic acids is 1. The number of anilines is 1. The molecule has 1 unspecified atom stereocenters. The van der Waals surface area contributed by atoms with Gasteiger partial charge >= 0.3 is 5.97 Å². The van der Waals surface area contributed by atoms with E-state index in [2.05, 4.69) is 34.3 Å². The maximum Gasteiger partial charge on any atom is 0.328 e. The van der Waals surface area contributed by atoms with E-state index in [1.165, 1.54) is 11.1 Å².